The molecule has 0 aromatic rings. The number of carboxylic acids is 1. The number of aliphatic carboxylic acids is 1. The molecule has 1 unspecified atom stereocenters. The first-order valence-electron chi connectivity index (χ1n) is 5.15. The molecule has 0 aromatic carbocycles. The van der Waals surface area contributed by atoms with E-state index in [1.165, 1.54) is 12.8 Å². The third kappa shape index (κ3) is 2.71. The molecule has 0 radical (unpaired) electrons. The predicted molar refractivity (Wildman–Crippen MR) is 52.5 cm³/mol. The molecule has 0 spiro atoms. The van der Waals surface area contributed by atoms with Crippen molar-refractivity contribution >= 4 is 5.97 Å². The first-order valence-corrected chi connectivity index (χ1v) is 5.15. The van der Waals surface area contributed by atoms with Crippen LogP contribution in [0.1, 0.15) is 46.5 Å². The molecule has 0 saturated heterocycles. The minimum atomic E-state index is -0.636. The number of hydrogen-bond donors (Lipinski definition) is 1. The van der Waals surface area contributed by atoms with Gasteiger partial charge in [-0.3, -0.25) is 4.79 Å². The average Bonchev–Trinajstić information content (AvgIpc) is 2.01. The molecule has 1 rings (SSSR count). The van der Waals surface area contributed by atoms with Crippen LogP contribution in [0.15, 0.2) is 0 Å². The largest absolute Gasteiger partial charge is 0.481 e. The number of rotatable bonds is 2. The Labute approximate surface area is 80.3 Å². The van der Waals surface area contributed by atoms with E-state index in [0.717, 1.165) is 12.8 Å². The lowest BCUT2D eigenvalue weighted by Crippen LogP contribution is -2.30. The Morgan fingerprint density at radius 3 is 2.62 bits per heavy atom. The van der Waals surface area contributed by atoms with Gasteiger partial charge in [-0.05, 0) is 30.6 Å². The van der Waals surface area contributed by atoms with E-state index in [9.17, 15) is 4.79 Å². The normalized spacial score (nSPS) is 29.6. The van der Waals surface area contributed by atoms with Crippen LogP contribution in [0.2, 0.25) is 0 Å². The van der Waals surface area contributed by atoms with Crippen LogP contribution < -0.4 is 0 Å². The summed E-state index contributed by atoms with van der Waals surface area (Å²) in [5.41, 5.74) is 0.354. The Morgan fingerprint density at radius 2 is 2.15 bits per heavy atom. The zero-order chi connectivity index (χ0) is 10.1. The van der Waals surface area contributed by atoms with Crippen molar-refractivity contribution in [3.05, 3.63) is 0 Å². The van der Waals surface area contributed by atoms with E-state index in [1.807, 2.05) is 6.92 Å². The van der Waals surface area contributed by atoms with Gasteiger partial charge in [-0.25, -0.2) is 0 Å². The molecule has 0 aromatic heterocycles. The Hall–Kier alpha value is -0.530. The molecule has 0 heterocycles. The van der Waals surface area contributed by atoms with Crippen LogP contribution in [0.25, 0.3) is 0 Å². The van der Waals surface area contributed by atoms with Gasteiger partial charge in [0.2, 0.25) is 0 Å². The minimum absolute atomic E-state index is 0.167. The summed E-state index contributed by atoms with van der Waals surface area (Å²) in [5, 5.41) is 8.90. The molecule has 76 valence electrons. The summed E-state index contributed by atoms with van der Waals surface area (Å²) in [7, 11) is 0. The second-order valence-electron chi connectivity index (χ2n) is 5.15. The van der Waals surface area contributed by atoms with Crippen LogP contribution in [0, 0.1) is 17.3 Å². The van der Waals surface area contributed by atoms with Gasteiger partial charge in [-0.2, -0.15) is 0 Å². The molecule has 1 aliphatic carbocycles. The van der Waals surface area contributed by atoms with Crippen molar-refractivity contribution < 1.29 is 9.90 Å². The molecular formula is C11H20O2. The maximum atomic E-state index is 10.8. The number of hydrogen-bond acceptors (Lipinski definition) is 1. The first kappa shape index (κ1) is 10.6. The van der Waals surface area contributed by atoms with E-state index in [1.54, 1.807) is 0 Å². The van der Waals surface area contributed by atoms with Crippen molar-refractivity contribution in [2.24, 2.45) is 17.3 Å². The van der Waals surface area contributed by atoms with Crippen molar-refractivity contribution in [1.82, 2.24) is 0 Å². The average molecular weight is 184 g/mol. The van der Waals surface area contributed by atoms with Gasteiger partial charge in [0.15, 0.2) is 0 Å². The maximum absolute atomic E-state index is 10.8. The molecule has 2 heteroatoms. The van der Waals surface area contributed by atoms with Gasteiger partial charge < -0.3 is 5.11 Å². The second kappa shape index (κ2) is 3.69. The topological polar surface area (TPSA) is 37.3 Å². The van der Waals surface area contributed by atoms with Crippen LogP contribution in [0.5, 0.6) is 0 Å². The summed E-state index contributed by atoms with van der Waals surface area (Å²) >= 11 is 0. The van der Waals surface area contributed by atoms with E-state index in [2.05, 4.69) is 13.8 Å². The summed E-state index contributed by atoms with van der Waals surface area (Å²) in [6.07, 6.45) is 4.60. The molecule has 0 aliphatic heterocycles. The Kier molecular flexibility index (Phi) is 2.99. The summed E-state index contributed by atoms with van der Waals surface area (Å²) < 4.78 is 0. The quantitative estimate of drug-likeness (QED) is 0.716. The minimum Gasteiger partial charge on any atom is -0.481 e. The van der Waals surface area contributed by atoms with Gasteiger partial charge >= 0.3 is 5.97 Å². The van der Waals surface area contributed by atoms with Crippen molar-refractivity contribution in [3.8, 4) is 0 Å². The first-order chi connectivity index (χ1) is 5.92. The Balaban J connectivity index is 2.56. The summed E-state index contributed by atoms with van der Waals surface area (Å²) in [4.78, 5) is 10.8. The van der Waals surface area contributed by atoms with Crippen molar-refractivity contribution in [3.63, 3.8) is 0 Å². The molecule has 2 atom stereocenters. The van der Waals surface area contributed by atoms with Gasteiger partial charge in [0.1, 0.15) is 0 Å². The molecule has 1 saturated carbocycles. The highest BCUT2D eigenvalue weighted by Crippen LogP contribution is 2.41. The van der Waals surface area contributed by atoms with Crippen LogP contribution in [0.3, 0.4) is 0 Å². The zero-order valence-electron chi connectivity index (χ0n) is 8.84. The van der Waals surface area contributed by atoms with Crippen molar-refractivity contribution in [1.29, 1.82) is 0 Å². The van der Waals surface area contributed by atoms with Gasteiger partial charge in [0.25, 0.3) is 0 Å². The third-order valence-corrected chi connectivity index (χ3v) is 3.34. The highest BCUT2D eigenvalue weighted by Gasteiger charge is 2.33. The Morgan fingerprint density at radius 1 is 1.54 bits per heavy atom. The molecule has 13 heavy (non-hydrogen) atoms. The fourth-order valence-corrected chi connectivity index (χ4v) is 2.39. The molecule has 0 amide bonds. The van der Waals surface area contributed by atoms with Gasteiger partial charge in [0.05, 0.1) is 5.92 Å². The van der Waals surface area contributed by atoms with Gasteiger partial charge in [-0.15, -0.1) is 0 Å². The van der Waals surface area contributed by atoms with Crippen molar-refractivity contribution in [2.45, 2.75) is 46.5 Å². The van der Waals surface area contributed by atoms with Crippen LogP contribution in [-0.4, -0.2) is 11.1 Å². The SMILES string of the molecule is C[C@@H](C(=O)O)C1CCCC(C)(C)C1. The fourth-order valence-electron chi connectivity index (χ4n) is 2.39. The van der Waals surface area contributed by atoms with E-state index >= 15 is 0 Å². The molecule has 0 bridgehead atoms. The van der Waals surface area contributed by atoms with E-state index < -0.39 is 5.97 Å². The fraction of sp³-hybridized carbons (Fsp3) is 0.909. The van der Waals surface area contributed by atoms with Crippen LogP contribution in [0.4, 0.5) is 0 Å². The predicted octanol–water partition coefficient (Wildman–Crippen LogP) is 2.92. The lowest BCUT2D eigenvalue weighted by molar-refractivity contribution is -0.143. The molecular weight excluding hydrogens is 164 g/mol. The number of carboxylic acid groups (broad SMARTS) is 1. The standard InChI is InChI=1S/C11H20O2/c1-8(10(12)13)9-5-4-6-11(2,3)7-9/h8-9H,4-7H2,1-3H3,(H,12,13)/t8-,9?/m1/s1. The lowest BCUT2D eigenvalue weighted by atomic mass is 9.68. The summed E-state index contributed by atoms with van der Waals surface area (Å²) in [6, 6.07) is 0. The zero-order valence-corrected chi connectivity index (χ0v) is 8.84. The molecule has 2 nitrogen and oxygen atoms in total. The third-order valence-electron chi connectivity index (χ3n) is 3.34. The second-order valence-corrected chi connectivity index (χ2v) is 5.15. The lowest BCUT2D eigenvalue weighted by Gasteiger charge is -2.36. The smallest absolute Gasteiger partial charge is 0.306 e. The monoisotopic (exact) mass is 184 g/mol. The summed E-state index contributed by atoms with van der Waals surface area (Å²) in [6.45, 7) is 6.33. The van der Waals surface area contributed by atoms with Crippen molar-refractivity contribution in [2.75, 3.05) is 0 Å². The summed E-state index contributed by atoms with van der Waals surface area (Å²) in [5.74, 6) is -0.413. The molecule has 1 aliphatic rings. The number of carbonyl (C=O) groups is 1. The van der Waals surface area contributed by atoms with E-state index in [0.29, 0.717) is 11.3 Å². The van der Waals surface area contributed by atoms with E-state index in [4.69, 9.17) is 5.11 Å². The molecule has 1 N–H and O–H groups in total. The maximum Gasteiger partial charge on any atom is 0.306 e. The highest BCUT2D eigenvalue weighted by molar-refractivity contribution is 5.69. The van der Waals surface area contributed by atoms with Gasteiger partial charge in [0, 0.05) is 0 Å². The highest BCUT2D eigenvalue weighted by atomic mass is 16.4. The Bertz CT molecular complexity index is 196. The van der Waals surface area contributed by atoms with Gasteiger partial charge in [-0.1, -0.05) is 27.2 Å². The van der Waals surface area contributed by atoms with E-state index in [-0.39, 0.29) is 5.92 Å². The molecule has 1 fully saturated rings. The van der Waals surface area contributed by atoms with Crippen LogP contribution >= 0.6 is 0 Å². The van der Waals surface area contributed by atoms with Crippen LogP contribution in [-0.2, 0) is 4.79 Å².